The number of benzene rings is 2. The average Bonchev–Trinajstić information content (AvgIpc) is 2.80. The minimum absolute atomic E-state index is 0.220. The first-order valence-electron chi connectivity index (χ1n) is 9.34. The van der Waals surface area contributed by atoms with Crippen LogP contribution < -0.4 is 4.90 Å². The number of rotatable bonds is 5. The number of carbonyl (C=O) groups excluding carboxylic acids is 2. The fourth-order valence-electron chi connectivity index (χ4n) is 3.58. The van der Waals surface area contributed by atoms with E-state index in [-0.39, 0.29) is 13.2 Å². The van der Waals surface area contributed by atoms with Crippen molar-refractivity contribution in [2.75, 3.05) is 25.2 Å². The molecule has 5 nitrogen and oxygen atoms in total. The molecule has 0 amide bonds. The van der Waals surface area contributed by atoms with Crippen molar-refractivity contribution in [1.82, 2.24) is 0 Å². The molecule has 0 bridgehead atoms. The molecule has 5 heteroatoms. The summed E-state index contributed by atoms with van der Waals surface area (Å²) in [5.74, 6) is -2.19. The standard InChI is InChI=1S/C22H25NO4/c1-4-26-21(24)20(22(25)27-5-2)17-12-13-19-16(14-17)11-10-15-8-6-7-9-18(15)23(19)3/h6-9,12-14,20H,4-5,10-11H2,1-3H3. The summed E-state index contributed by atoms with van der Waals surface area (Å²) in [4.78, 5) is 27.0. The molecular formula is C22H25NO4. The smallest absolute Gasteiger partial charge is 0.324 e. The summed E-state index contributed by atoms with van der Waals surface area (Å²) in [5, 5.41) is 0. The number of aryl methyl sites for hydroxylation is 2. The van der Waals surface area contributed by atoms with Crippen LogP contribution >= 0.6 is 0 Å². The lowest BCUT2D eigenvalue weighted by molar-refractivity contribution is -0.156. The molecule has 2 aromatic rings. The number of nitrogens with zero attached hydrogens (tertiary/aromatic N) is 1. The van der Waals surface area contributed by atoms with Gasteiger partial charge in [-0.05, 0) is 55.5 Å². The molecule has 1 heterocycles. The first-order chi connectivity index (χ1) is 13.1. The Labute approximate surface area is 159 Å². The molecule has 0 saturated carbocycles. The molecule has 0 unspecified atom stereocenters. The van der Waals surface area contributed by atoms with E-state index < -0.39 is 17.9 Å². The highest BCUT2D eigenvalue weighted by Gasteiger charge is 2.32. The Bertz CT molecular complexity index is 828. The van der Waals surface area contributed by atoms with Crippen LogP contribution in [0.15, 0.2) is 42.5 Å². The van der Waals surface area contributed by atoms with E-state index in [1.54, 1.807) is 13.8 Å². The van der Waals surface area contributed by atoms with Crippen LogP contribution in [0.25, 0.3) is 0 Å². The van der Waals surface area contributed by atoms with Gasteiger partial charge in [0.1, 0.15) is 0 Å². The third-order valence-corrected chi connectivity index (χ3v) is 4.86. The summed E-state index contributed by atoms with van der Waals surface area (Å²) in [6.07, 6.45) is 1.74. The number of hydrogen-bond donors (Lipinski definition) is 0. The second kappa shape index (κ2) is 8.25. The van der Waals surface area contributed by atoms with E-state index in [2.05, 4.69) is 17.0 Å². The molecular weight excluding hydrogens is 342 g/mol. The average molecular weight is 367 g/mol. The van der Waals surface area contributed by atoms with Gasteiger partial charge in [0, 0.05) is 18.4 Å². The van der Waals surface area contributed by atoms with Crippen LogP contribution in [0.1, 0.15) is 36.5 Å². The van der Waals surface area contributed by atoms with Gasteiger partial charge in [-0.25, -0.2) is 0 Å². The third-order valence-electron chi connectivity index (χ3n) is 4.86. The van der Waals surface area contributed by atoms with Crippen molar-refractivity contribution in [3.8, 4) is 0 Å². The van der Waals surface area contributed by atoms with Gasteiger partial charge in [-0.3, -0.25) is 9.59 Å². The van der Waals surface area contributed by atoms with E-state index in [9.17, 15) is 9.59 Å². The molecule has 0 saturated heterocycles. The Balaban J connectivity index is 1.99. The predicted octanol–water partition coefficient (Wildman–Crippen LogP) is 3.76. The molecule has 2 aromatic carbocycles. The second-order valence-electron chi connectivity index (χ2n) is 6.51. The first-order valence-corrected chi connectivity index (χ1v) is 9.34. The fraction of sp³-hybridized carbons (Fsp3) is 0.364. The van der Waals surface area contributed by atoms with Gasteiger partial charge in [-0.15, -0.1) is 0 Å². The summed E-state index contributed by atoms with van der Waals surface area (Å²) in [6, 6.07) is 14.1. The lowest BCUT2D eigenvalue weighted by atomic mass is 9.94. The second-order valence-corrected chi connectivity index (χ2v) is 6.51. The number of ether oxygens (including phenoxy) is 2. The highest BCUT2D eigenvalue weighted by atomic mass is 16.6. The van der Waals surface area contributed by atoms with E-state index in [1.165, 1.54) is 11.3 Å². The molecule has 0 N–H and O–H groups in total. The maximum Gasteiger partial charge on any atom is 0.324 e. The highest BCUT2D eigenvalue weighted by molar-refractivity contribution is 6.01. The van der Waals surface area contributed by atoms with E-state index in [0.29, 0.717) is 5.56 Å². The van der Waals surface area contributed by atoms with Crippen molar-refractivity contribution in [3.05, 3.63) is 59.2 Å². The molecule has 0 fully saturated rings. The Morgan fingerprint density at radius 3 is 2.19 bits per heavy atom. The van der Waals surface area contributed by atoms with Crippen LogP contribution in [0.3, 0.4) is 0 Å². The number of hydrogen-bond acceptors (Lipinski definition) is 5. The first kappa shape index (κ1) is 19.0. The largest absolute Gasteiger partial charge is 0.465 e. The molecule has 1 aliphatic rings. The minimum Gasteiger partial charge on any atom is -0.465 e. The Kier molecular flexibility index (Phi) is 5.79. The summed E-state index contributed by atoms with van der Waals surface area (Å²) in [6.45, 7) is 3.89. The van der Waals surface area contributed by atoms with E-state index in [0.717, 1.165) is 24.1 Å². The molecule has 142 valence electrons. The topological polar surface area (TPSA) is 55.8 Å². The van der Waals surface area contributed by atoms with Gasteiger partial charge in [0.15, 0.2) is 5.92 Å². The van der Waals surface area contributed by atoms with Gasteiger partial charge in [-0.2, -0.15) is 0 Å². The van der Waals surface area contributed by atoms with Gasteiger partial charge in [0.05, 0.1) is 13.2 Å². The van der Waals surface area contributed by atoms with E-state index >= 15 is 0 Å². The molecule has 3 rings (SSSR count). The summed E-state index contributed by atoms with van der Waals surface area (Å²) in [5.41, 5.74) is 5.26. The zero-order chi connectivity index (χ0) is 19.4. The van der Waals surface area contributed by atoms with Crippen LogP contribution in [0.5, 0.6) is 0 Å². The third kappa shape index (κ3) is 3.82. The number of esters is 2. The summed E-state index contributed by atoms with van der Waals surface area (Å²) >= 11 is 0. The van der Waals surface area contributed by atoms with Crippen LogP contribution in [-0.4, -0.2) is 32.2 Å². The molecule has 0 atom stereocenters. The Morgan fingerprint density at radius 1 is 0.926 bits per heavy atom. The molecule has 0 radical (unpaired) electrons. The van der Waals surface area contributed by atoms with E-state index in [4.69, 9.17) is 9.47 Å². The predicted molar refractivity (Wildman–Crippen MR) is 104 cm³/mol. The van der Waals surface area contributed by atoms with Crippen molar-refractivity contribution in [2.45, 2.75) is 32.6 Å². The lowest BCUT2D eigenvalue weighted by Crippen LogP contribution is -2.26. The van der Waals surface area contributed by atoms with E-state index in [1.807, 2.05) is 37.4 Å². The zero-order valence-corrected chi connectivity index (χ0v) is 16.0. The lowest BCUT2D eigenvalue weighted by Gasteiger charge is -2.23. The quantitative estimate of drug-likeness (QED) is 0.595. The summed E-state index contributed by atoms with van der Waals surface area (Å²) in [7, 11) is 2.04. The van der Waals surface area contributed by atoms with Gasteiger partial charge in [0.2, 0.25) is 0 Å². The summed E-state index contributed by atoms with van der Waals surface area (Å²) < 4.78 is 10.2. The van der Waals surface area contributed by atoms with Gasteiger partial charge in [0.25, 0.3) is 0 Å². The van der Waals surface area contributed by atoms with Crippen LogP contribution in [0, 0.1) is 0 Å². The maximum absolute atomic E-state index is 12.4. The van der Waals surface area contributed by atoms with Gasteiger partial charge < -0.3 is 14.4 Å². The molecule has 0 aromatic heterocycles. The molecule has 0 aliphatic carbocycles. The molecule has 27 heavy (non-hydrogen) atoms. The fourth-order valence-corrected chi connectivity index (χ4v) is 3.58. The van der Waals surface area contributed by atoms with Crippen molar-refractivity contribution in [1.29, 1.82) is 0 Å². The maximum atomic E-state index is 12.4. The van der Waals surface area contributed by atoms with Crippen LogP contribution in [0.2, 0.25) is 0 Å². The van der Waals surface area contributed by atoms with Crippen molar-refractivity contribution < 1.29 is 19.1 Å². The van der Waals surface area contributed by atoms with Crippen LogP contribution in [0.4, 0.5) is 11.4 Å². The van der Waals surface area contributed by atoms with Gasteiger partial charge >= 0.3 is 11.9 Å². The molecule has 0 spiro atoms. The number of fused-ring (bicyclic) bond motifs is 2. The monoisotopic (exact) mass is 367 g/mol. The normalized spacial score (nSPS) is 12.8. The van der Waals surface area contributed by atoms with Crippen LogP contribution in [-0.2, 0) is 31.9 Å². The number of anilines is 2. The van der Waals surface area contributed by atoms with Crippen molar-refractivity contribution in [2.24, 2.45) is 0 Å². The van der Waals surface area contributed by atoms with Crippen molar-refractivity contribution >= 4 is 23.3 Å². The Morgan fingerprint density at radius 2 is 1.52 bits per heavy atom. The zero-order valence-electron chi connectivity index (χ0n) is 16.0. The molecule has 1 aliphatic heterocycles. The SMILES string of the molecule is CCOC(=O)C(C(=O)OCC)c1ccc2c(c1)CCc1ccccc1N2C. The minimum atomic E-state index is -1.05. The number of para-hydroxylation sites is 1. The van der Waals surface area contributed by atoms with Crippen molar-refractivity contribution in [3.63, 3.8) is 0 Å². The van der Waals surface area contributed by atoms with Gasteiger partial charge in [-0.1, -0.05) is 30.3 Å². The number of carbonyl (C=O) groups is 2. The highest BCUT2D eigenvalue weighted by Crippen LogP contribution is 2.36. The Hall–Kier alpha value is -2.82.